The number of carbonyl (C=O) groups is 1. The Kier molecular flexibility index (Phi) is 4.94. The van der Waals surface area contributed by atoms with Crippen molar-refractivity contribution in [2.75, 3.05) is 13.7 Å². The predicted molar refractivity (Wildman–Crippen MR) is 94.1 cm³/mol. The molecule has 3 rings (SSSR count). The molecule has 0 amide bonds. The van der Waals surface area contributed by atoms with Crippen LogP contribution in [0, 0.1) is 0 Å². The number of carboxylic acid groups (broad SMARTS) is 1. The van der Waals surface area contributed by atoms with Gasteiger partial charge in [0.1, 0.15) is 11.5 Å². The smallest absolute Gasteiger partial charge is 0.416 e. The molecule has 3 aromatic rings. The minimum absolute atomic E-state index is 0.0678. The van der Waals surface area contributed by atoms with Crippen LogP contribution in [0.5, 0.6) is 11.5 Å². The van der Waals surface area contributed by atoms with Crippen molar-refractivity contribution in [1.82, 2.24) is 0 Å². The molecule has 140 valence electrons. The number of carboxylic acids is 1. The van der Waals surface area contributed by atoms with E-state index in [1.54, 1.807) is 37.4 Å². The van der Waals surface area contributed by atoms with Crippen molar-refractivity contribution >= 4 is 16.7 Å². The van der Waals surface area contributed by atoms with Gasteiger partial charge in [-0.05, 0) is 52.7 Å². The lowest BCUT2D eigenvalue weighted by Crippen LogP contribution is -2.11. The van der Waals surface area contributed by atoms with E-state index in [1.807, 2.05) is 6.07 Å². The third-order valence-electron chi connectivity index (χ3n) is 4.02. The Morgan fingerprint density at radius 1 is 1.00 bits per heavy atom. The summed E-state index contributed by atoms with van der Waals surface area (Å²) in [6.45, 7) is -0.650. The van der Waals surface area contributed by atoms with Gasteiger partial charge in [0.25, 0.3) is 0 Å². The molecule has 0 bridgehead atoms. The Labute approximate surface area is 152 Å². The van der Waals surface area contributed by atoms with Crippen LogP contribution in [-0.4, -0.2) is 24.8 Å². The van der Waals surface area contributed by atoms with Gasteiger partial charge in [-0.3, -0.25) is 0 Å². The maximum Gasteiger partial charge on any atom is 0.416 e. The van der Waals surface area contributed by atoms with Crippen LogP contribution in [0.4, 0.5) is 13.2 Å². The zero-order valence-corrected chi connectivity index (χ0v) is 14.2. The van der Waals surface area contributed by atoms with Crippen molar-refractivity contribution in [3.63, 3.8) is 0 Å². The third kappa shape index (κ3) is 4.13. The largest absolute Gasteiger partial charge is 0.497 e. The zero-order valence-electron chi connectivity index (χ0n) is 14.2. The number of ether oxygens (including phenoxy) is 2. The van der Waals surface area contributed by atoms with Gasteiger partial charge >= 0.3 is 12.1 Å². The van der Waals surface area contributed by atoms with E-state index < -0.39 is 24.3 Å². The van der Waals surface area contributed by atoms with Gasteiger partial charge < -0.3 is 14.6 Å². The molecule has 0 atom stereocenters. The fourth-order valence-electron chi connectivity index (χ4n) is 2.72. The summed E-state index contributed by atoms with van der Waals surface area (Å²) < 4.78 is 49.7. The number of fused-ring (bicyclic) bond motifs is 1. The van der Waals surface area contributed by atoms with E-state index in [2.05, 4.69) is 0 Å². The molecule has 0 aliphatic carbocycles. The van der Waals surface area contributed by atoms with E-state index in [1.165, 1.54) is 0 Å². The molecule has 0 saturated carbocycles. The molecule has 27 heavy (non-hydrogen) atoms. The van der Waals surface area contributed by atoms with Gasteiger partial charge in [0.05, 0.1) is 12.7 Å². The van der Waals surface area contributed by atoms with E-state index in [9.17, 15) is 18.0 Å². The van der Waals surface area contributed by atoms with Crippen LogP contribution in [0.2, 0.25) is 0 Å². The fraction of sp³-hybridized carbons (Fsp3) is 0.150. The topological polar surface area (TPSA) is 55.8 Å². The van der Waals surface area contributed by atoms with Crippen molar-refractivity contribution < 1.29 is 32.5 Å². The Morgan fingerprint density at radius 2 is 1.70 bits per heavy atom. The summed E-state index contributed by atoms with van der Waals surface area (Å²) in [5.74, 6) is -0.482. The second-order valence-electron chi connectivity index (χ2n) is 5.82. The van der Waals surface area contributed by atoms with Gasteiger partial charge in [0.15, 0.2) is 6.61 Å². The summed E-state index contributed by atoms with van der Waals surface area (Å²) in [4.78, 5) is 10.8. The highest BCUT2D eigenvalue weighted by atomic mass is 19.4. The molecule has 7 heteroatoms. The quantitative estimate of drug-likeness (QED) is 0.681. The minimum Gasteiger partial charge on any atom is -0.497 e. The highest BCUT2D eigenvalue weighted by Crippen LogP contribution is 2.38. The first-order chi connectivity index (χ1) is 12.8. The van der Waals surface area contributed by atoms with Gasteiger partial charge in [0, 0.05) is 5.56 Å². The molecule has 4 nitrogen and oxygen atoms in total. The molecule has 0 aliphatic heterocycles. The van der Waals surface area contributed by atoms with Gasteiger partial charge in [-0.15, -0.1) is 0 Å². The Hall–Kier alpha value is -3.22. The number of rotatable bonds is 5. The first-order valence-electron chi connectivity index (χ1n) is 7.92. The van der Waals surface area contributed by atoms with Crippen LogP contribution < -0.4 is 9.47 Å². The average molecular weight is 376 g/mol. The SMILES string of the molecule is COc1ccc2cc(-c3cc(C(F)(F)F)ccc3OCC(=O)O)ccc2c1. The molecule has 0 saturated heterocycles. The average Bonchev–Trinajstić information content (AvgIpc) is 2.64. The summed E-state index contributed by atoms with van der Waals surface area (Å²) >= 11 is 0. The summed E-state index contributed by atoms with van der Waals surface area (Å²) in [7, 11) is 1.55. The number of alkyl halides is 3. The minimum atomic E-state index is -4.52. The Morgan fingerprint density at radius 3 is 2.37 bits per heavy atom. The van der Waals surface area contributed by atoms with Crippen molar-refractivity contribution in [3.8, 4) is 22.6 Å². The van der Waals surface area contributed by atoms with Crippen molar-refractivity contribution in [1.29, 1.82) is 0 Å². The number of aliphatic carboxylic acids is 1. The molecule has 0 aromatic heterocycles. The molecule has 0 radical (unpaired) electrons. The molecule has 0 heterocycles. The molecule has 0 fully saturated rings. The first-order valence-corrected chi connectivity index (χ1v) is 7.92. The first kappa shape index (κ1) is 18.6. The highest BCUT2D eigenvalue weighted by molar-refractivity contribution is 5.89. The third-order valence-corrected chi connectivity index (χ3v) is 4.02. The number of hydrogen-bond donors (Lipinski definition) is 1. The van der Waals surface area contributed by atoms with Crippen molar-refractivity contribution in [2.24, 2.45) is 0 Å². The second kappa shape index (κ2) is 7.19. The highest BCUT2D eigenvalue weighted by Gasteiger charge is 2.31. The van der Waals surface area contributed by atoms with Crippen molar-refractivity contribution in [2.45, 2.75) is 6.18 Å². The van der Waals surface area contributed by atoms with E-state index >= 15 is 0 Å². The van der Waals surface area contributed by atoms with Gasteiger partial charge in [-0.2, -0.15) is 13.2 Å². The van der Waals surface area contributed by atoms with Gasteiger partial charge in [-0.1, -0.05) is 18.2 Å². The van der Waals surface area contributed by atoms with Gasteiger partial charge in [-0.25, -0.2) is 4.79 Å². The van der Waals surface area contributed by atoms with Gasteiger partial charge in [0.2, 0.25) is 0 Å². The zero-order chi connectivity index (χ0) is 19.6. The summed E-state index contributed by atoms with van der Waals surface area (Å²) in [5.41, 5.74) is -0.182. The summed E-state index contributed by atoms with van der Waals surface area (Å²) in [6, 6.07) is 13.5. The fourth-order valence-corrected chi connectivity index (χ4v) is 2.72. The molecule has 0 unspecified atom stereocenters. The summed E-state index contributed by atoms with van der Waals surface area (Å²) in [5, 5.41) is 10.5. The van der Waals surface area contributed by atoms with E-state index in [0.29, 0.717) is 11.3 Å². The Balaban J connectivity index is 2.11. The molecular weight excluding hydrogens is 361 g/mol. The van der Waals surface area contributed by atoms with Crippen LogP contribution in [0.25, 0.3) is 21.9 Å². The lowest BCUT2D eigenvalue weighted by atomic mass is 9.98. The Bertz CT molecular complexity index is 996. The second-order valence-corrected chi connectivity index (χ2v) is 5.82. The van der Waals surface area contributed by atoms with Crippen LogP contribution in [0.3, 0.4) is 0 Å². The molecule has 0 aliphatic rings. The maximum atomic E-state index is 13.1. The maximum absolute atomic E-state index is 13.1. The number of halogens is 3. The standard InChI is InChI=1S/C20H15F3O4/c1-26-16-6-4-12-8-14(3-2-13(12)9-16)17-10-15(20(21,22)23)5-7-18(17)27-11-19(24)25/h2-10H,11H2,1H3,(H,24,25). The van der Waals surface area contributed by atoms with E-state index in [4.69, 9.17) is 14.6 Å². The number of hydrogen-bond acceptors (Lipinski definition) is 3. The van der Waals surface area contributed by atoms with Crippen molar-refractivity contribution in [3.05, 3.63) is 60.2 Å². The monoisotopic (exact) mass is 376 g/mol. The van der Waals surface area contributed by atoms with Crippen LogP contribution in [0.1, 0.15) is 5.56 Å². The summed E-state index contributed by atoms with van der Waals surface area (Å²) in [6.07, 6.45) is -4.52. The van der Waals surface area contributed by atoms with Crippen LogP contribution in [0.15, 0.2) is 54.6 Å². The number of benzene rings is 3. The molecular formula is C20H15F3O4. The molecule has 3 aromatic carbocycles. The predicted octanol–water partition coefficient (Wildman–Crippen LogP) is 5.00. The van der Waals surface area contributed by atoms with Crippen LogP contribution in [-0.2, 0) is 11.0 Å². The van der Waals surface area contributed by atoms with Crippen LogP contribution >= 0.6 is 0 Å². The lowest BCUT2D eigenvalue weighted by Gasteiger charge is -2.15. The normalized spacial score (nSPS) is 11.4. The van der Waals surface area contributed by atoms with E-state index in [-0.39, 0.29) is 11.3 Å². The number of methoxy groups -OCH3 is 1. The molecule has 0 spiro atoms. The van der Waals surface area contributed by atoms with E-state index in [0.717, 1.165) is 29.0 Å². The lowest BCUT2D eigenvalue weighted by molar-refractivity contribution is -0.140. The molecule has 1 N–H and O–H groups in total.